The second-order valence-electron chi connectivity index (χ2n) is 3.78. The van der Waals surface area contributed by atoms with Crippen molar-refractivity contribution in [1.82, 2.24) is 4.98 Å². The van der Waals surface area contributed by atoms with E-state index in [-0.39, 0.29) is 16.9 Å². The summed E-state index contributed by atoms with van der Waals surface area (Å²) in [6.07, 6.45) is 1.29. The molecule has 0 saturated carbocycles. The molecule has 7 heteroatoms. The number of rotatable bonds is 3. The van der Waals surface area contributed by atoms with E-state index in [1.807, 2.05) is 0 Å². The van der Waals surface area contributed by atoms with Crippen LogP contribution in [-0.4, -0.2) is 22.0 Å². The lowest BCUT2D eigenvalue weighted by Gasteiger charge is -2.08. The van der Waals surface area contributed by atoms with Gasteiger partial charge >= 0.3 is 5.97 Å². The zero-order valence-corrected chi connectivity index (χ0v) is 11.5. The molecule has 0 saturated heterocycles. The van der Waals surface area contributed by atoms with Crippen molar-refractivity contribution in [2.75, 3.05) is 5.32 Å². The number of carboxylic acid groups (broad SMARTS) is 1. The first kappa shape index (κ1) is 14.1. The zero-order chi connectivity index (χ0) is 14.7. The number of carbonyl (C=O) groups is 2. The molecule has 102 valence electrons. The Morgan fingerprint density at radius 3 is 2.75 bits per heavy atom. The van der Waals surface area contributed by atoms with Gasteiger partial charge in [0.2, 0.25) is 0 Å². The highest BCUT2D eigenvalue weighted by molar-refractivity contribution is 9.10. The number of carboxylic acids is 1. The molecule has 0 radical (unpaired) electrons. The van der Waals surface area contributed by atoms with Crippen LogP contribution in [0.15, 0.2) is 41.0 Å². The average Bonchev–Trinajstić information content (AvgIpc) is 2.42. The number of carbonyl (C=O) groups excluding carboxylic acids is 1. The first-order valence-electron chi connectivity index (χ1n) is 5.44. The third kappa shape index (κ3) is 3.00. The molecule has 0 unspecified atom stereocenters. The van der Waals surface area contributed by atoms with E-state index in [9.17, 15) is 14.0 Å². The van der Waals surface area contributed by atoms with Crippen molar-refractivity contribution in [1.29, 1.82) is 0 Å². The minimum absolute atomic E-state index is 0.0635. The van der Waals surface area contributed by atoms with E-state index in [0.717, 1.165) is 0 Å². The van der Waals surface area contributed by atoms with Crippen LogP contribution in [0, 0.1) is 5.82 Å². The second kappa shape index (κ2) is 5.79. The Morgan fingerprint density at radius 1 is 1.30 bits per heavy atom. The maximum absolute atomic E-state index is 13.5. The molecule has 1 amide bonds. The minimum Gasteiger partial charge on any atom is -0.478 e. The van der Waals surface area contributed by atoms with E-state index in [1.54, 1.807) is 0 Å². The van der Waals surface area contributed by atoms with Crippen LogP contribution in [-0.2, 0) is 0 Å². The highest BCUT2D eigenvalue weighted by Crippen LogP contribution is 2.20. The lowest BCUT2D eigenvalue weighted by Crippen LogP contribution is -2.18. The molecule has 0 atom stereocenters. The van der Waals surface area contributed by atoms with Crippen molar-refractivity contribution in [2.45, 2.75) is 0 Å². The molecule has 0 spiro atoms. The van der Waals surface area contributed by atoms with Crippen LogP contribution >= 0.6 is 15.9 Å². The van der Waals surface area contributed by atoms with E-state index in [4.69, 9.17) is 5.11 Å². The summed E-state index contributed by atoms with van der Waals surface area (Å²) in [6.45, 7) is 0. The first-order chi connectivity index (χ1) is 9.49. The molecular formula is C13H8BrFN2O3. The number of pyridine rings is 1. The molecule has 20 heavy (non-hydrogen) atoms. The molecule has 0 aliphatic rings. The fraction of sp³-hybridized carbons (Fsp3) is 0. The largest absolute Gasteiger partial charge is 0.478 e. The highest BCUT2D eigenvalue weighted by Gasteiger charge is 2.18. The van der Waals surface area contributed by atoms with Gasteiger partial charge in [-0.2, -0.15) is 0 Å². The number of benzene rings is 1. The van der Waals surface area contributed by atoms with Crippen LogP contribution in [0.1, 0.15) is 20.8 Å². The van der Waals surface area contributed by atoms with Crippen molar-refractivity contribution in [3.05, 3.63) is 58.1 Å². The van der Waals surface area contributed by atoms with Gasteiger partial charge in [0.05, 0.1) is 11.3 Å². The van der Waals surface area contributed by atoms with Gasteiger partial charge in [0.1, 0.15) is 11.5 Å². The van der Waals surface area contributed by atoms with Gasteiger partial charge < -0.3 is 10.4 Å². The van der Waals surface area contributed by atoms with Crippen molar-refractivity contribution < 1.29 is 19.1 Å². The Kier molecular flexibility index (Phi) is 4.09. The number of hydrogen-bond acceptors (Lipinski definition) is 3. The van der Waals surface area contributed by atoms with Crippen molar-refractivity contribution in [3.8, 4) is 0 Å². The van der Waals surface area contributed by atoms with Crippen LogP contribution in [0.2, 0.25) is 0 Å². The summed E-state index contributed by atoms with van der Waals surface area (Å²) < 4.78 is 14.1. The van der Waals surface area contributed by atoms with E-state index in [0.29, 0.717) is 4.47 Å². The number of aromatic nitrogens is 1. The Hall–Kier alpha value is -2.28. The van der Waals surface area contributed by atoms with Gasteiger partial charge in [-0.25, -0.2) is 9.18 Å². The predicted octanol–water partition coefficient (Wildman–Crippen LogP) is 2.93. The molecule has 1 aromatic carbocycles. The normalized spacial score (nSPS) is 10.1. The van der Waals surface area contributed by atoms with E-state index in [2.05, 4.69) is 26.2 Å². The quantitative estimate of drug-likeness (QED) is 0.901. The van der Waals surface area contributed by atoms with Crippen LogP contribution < -0.4 is 5.32 Å². The average molecular weight is 339 g/mol. The summed E-state index contributed by atoms with van der Waals surface area (Å²) in [5, 5.41) is 11.3. The molecule has 5 nitrogen and oxygen atoms in total. The van der Waals surface area contributed by atoms with E-state index in [1.165, 1.54) is 36.5 Å². The predicted molar refractivity (Wildman–Crippen MR) is 73.2 cm³/mol. The second-order valence-corrected chi connectivity index (χ2v) is 4.70. The third-order valence-corrected chi connectivity index (χ3v) is 2.92. The van der Waals surface area contributed by atoms with Gasteiger partial charge in [-0.05, 0) is 30.3 Å². The topological polar surface area (TPSA) is 79.3 Å². The number of halogens is 2. The van der Waals surface area contributed by atoms with Crippen LogP contribution in [0.4, 0.5) is 10.1 Å². The summed E-state index contributed by atoms with van der Waals surface area (Å²) in [7, 11) is 0. The fourth-order valence-corrected chi connectivity index (χ4v) is 1.89. The Morgan fingerprint density at radius 2 is 2.05 bits per heavy atom. The van der Waals surface area contributed by atoms with Gasteiger partial charge in [0.15, 0.2) is 0 Å². The molecule has 2 N–H and O–H groups in total. The Balaban J connectivity index is 2.33. The number of nitrogens with one attached hydrogen (secondary N) is 1. The van der Waals surface area contributed by atoms with Gasteiger partial charge in [-0.3, -0.25) is 9.78 Å². The fourth-order valence-electron chi connectivity index (χ4n) is 1.53. The molecular weight excluding hydrogens is 331 g/mol. The van der Waals surface area contributed by atoms with Crippen molar-refractivity contribution >= 4 is 33.5 Å². The molecule has 1 heterocycles. The SMILES string of the molecule is O=C(O)c1cccnc1C(=O)Nc1cc(Br)ccc1F. The molecule has 0 bridgehead atoms. The minimum atomic E-state index is -1.28. The summed E-state index contributed by atoms with van der Waals surface area (Å²) in [5.74, 6) is -2.70. The summed E-state index contributed by atoms with van der Waals surface area (Å²) in [4.78, 5) is 26.7. The lowest BCUT2D eigenvalue weighted by molar-refractivity contribution is 0.0691. The van der Waals surface area contributed by atoms with Gasteiger partial charge in [-0.1, -0.05) is 15.9 Å². The van der Waals surface area contributed by atoms with Crippen LogP contribution in [0.3, 0.4) is 0 Å². The molecule has 2 aromatic rings. The molecule has 0 fully saturated rings. The number of hydrogen-bond donors (Lipinski definition) is 2. The number of aromatic carboxylic acids is 1. The summed E-state index contributed by atoms with van der Waals surface area (Å²) in [6, 6.07) is 6.68. The molecule has 2 rings (SSSR count). The number of nitrogens with zero attached hydrogens (tertiary/aromatic N) is 1. The molecule has 0 aliphatic heterocycles. The number of anilines is 1. The first-order valence-corrected chi connectivity index (χ1v) is 6.23. The van der Waals surface area contributed by atoms with Crippen LogP contribution in [0.5, 0.6) is 0 Å². The monoisotopic (exact) mass is 338 g/mol. The number of amides is 1. The van der Waals surface area contributed by atoms with Gasteiger partial charge in [0.25, 0.3) is 5.91 Å². The smallest absolute Gasteiger partial charge is 0.338 e. The molecule has 1 aromatic heterocycles. The van der Waals surface area contributed by atoms with Crippen molar-refractivity contribution in [3.63, 3.8) is 0 Å². The summed E-state index contributed by atoms with van der Waals surface area (Å²) in [5.41, 5.74) is -0.592. The van der Waals surface area contributed by atoms with Crippen molar-refractivity contribution in [2.24, 2.45) is 0 Å². The standard InChI is InChI=1S/C13H8BrFN2O3/c14-7-3-4-9(15)10(6-7)17-12(18)11-8(13(19)20)2-1-5-16-11/h1-6H,(H,17,18)(H,19,20). The van der Waals surface area contributed by atoms with E-state index >= 15 is 0 Å². The highest BCUT2D eigenvalue weighted by atomic mass is 79.9. The maximum Gasteiger partial charge on any atom is 0.338 e. The zero-order valence-electron chi connectivity index (χ0n) is 9.93. The Labute approximate surface area is 121 Å². The van der Waals surface area contributed by atoms with E-state index < -0.39 is 17.7 Å². The third-order valence-electron chi connectivity index (χ3n) is 2.43. The van der Waals surface area contributed by atoms with Crippen LogP contribution in [0.25, 0.3) is 0 Å². The lowest BCUT2D eigenvalue weighted by atomic mass is 10.2. The maximum atomic E-state index is 13.5. The van der Waals surface area contributed by atoms with Gasteiger partial charge in [0, 0.05) is 10.7 Å². The molecule has 0 aliphatic carbocycles. The van der Waals surface area contributed by atoms with Gasteiger partial charge in [-0.15, -0.1) is 0 Å². The Bertz CT molecular complexity index is 691. The summed E-state index contributed by atoms with van der Waals surface area (Å²) >= 11 is 3.15.